The quantitative estimate of drug-likeness (QED) is 0.0191. The molecule has 0 radical (unpaired) electrons. The highest BCUT2D eigenvalue weighted by molar-refractivity contribution is 7.46. The Kier molecular flexibility index (Phi) is 29.2. The summed E-state index contributed by atoms with van der Waals surface area (Å²) in [7, 11) is -4.88. The van der Waals surface area contributed by atoms with Crippen molar-refractivity contribution in [3.05, 3.63) is 72.9 Å². The summed E-state index contributed by atoms with van der Waals surface area (Å²) in [6.07, 6.45) is 31.2. The van der Waals surface area contributed by atoms with Gasteiger partial charge in [0.25, 0.3) is 0 Å². The van der Waals surface area contributed by atoms with Crippen molar-refractivity contribution in [3.63, 3.8) is 0 Å². The number of phosphoric ester groups is 1. The van der Waals surface area contributed by atoms with Gasteiger partial charge in [0.1, 0.15) is 12.4 Å². The number of hydrogen-bond acceptors (Lipinski definition) is 10. The Labute approximate surface area is 334 Å². The maximum atomic E-state index is 12.8. The lowest BCUT2D eigenvalue weighted by Gasteiger charge is -2.20. The average molecular weight is 809 g/mol. The van der Waals surface area contributed by atoms with Crippen LogP contribution in [0.1, 0.15) is 129 Å². The molecule has 0 heterocycles. The fraction of sp³-hybridized carbons (Fsp3) is 0.651. The van der Waals surface area contributed by atoms with Gasteiger partial charge in [0.15, 0.2) is 6.10 Å². The summed E-state index contributed by atoms with van der Waals surface area (Å²) in [6, 6.07) is 0. The molecule has 1 rings (SSSR count). The lowest BCUT2D eigenvalue weighted by atomic mass is 9.87. The number of allylic oxidation sites excluding steroid dienone is 10. The first-order valence-corrected chi connectivity index (χ1v) is 21.9. The summed E-state index contributed by atoms with van der Waals surface area (Å²) in [4.78, 5) is 55.8. The molecule has 1 saturated carbocycles. The maximum absolute atomic E-state index is 12.8. The lowest BCUT2D eigenvalue weighted by Crippen LogP contribution is -2.29. The molecule has 0 saturated heterocycles. The van der Waals surface area contributed by atoms with Gasteiger partial charge in [-0.2, -0.15) is 0 Å². The molecule has 0 unspecified atom stereocenters. The van der Waals surface area contributed by atoms with E-state index < -0.39 is 69.2 Å². The van der Waals surface area contributed by atoms with Crippen LogP contribution in [0.15, 0.2) is 72.9 Å². The number of esters is 2. The summed E-state index contributed by atoms with van der Waals surface area (Å²) < 4.78 is 26.2. The number of carbonyl (C=O) groups is 3. The first kappa shape index (κ1) is 51.1. The number of ketones is 1. The Morgan fingerprint density at radius 3 is 1.93 bits per heavy atom. The Hall–Kier alpha value is -2.96. The van der Waals surface area contributed by atoms with E-state index >= 15 is 0 Å². The van der Waals surface area contributed by atoms with E-state index in [1.54, 1.807) is 12.2 Å². The number of Topliss-reactive ketones (excluding diaryl/α,β-unsaturated/α-hetero) is 1. The molecule has 0 amide bonds. The minimum Gasteiger partial charge on any atom is -0.462 e. The van der Waals surface area contributed by atoms with Crippen molar-refractivity contribution in [1.82, 2.24) is 0 Å². The van der Waals surface area contributed by atoms with Gasteiger partial charge < -0.3 is 34.6 Å². The van der Waals surface area contributed by atoms with Gasteiger partial charge in [-0.3, -0.25) is 18.9 Å². The van der Waals surface area contributed by atoms with Gasteiger partial charge in [0, 0.05) is 43.9 Å². The molecule has 1 aliphatic rings. The minimum absolute atomic E-state index is 0.0546. The second-order valence-corrected chi connectivity index (χ2v) is 15.4. The molecule has 12 nitrogen and oxygen atoms in total. The second-order valence-electron chi connectivity index (χ2n) is 14.2. The topological polar surface area (TPSA) is 197 Å². The summed E-state index contributed by atoms with van der Waals surface area (Å²) in [5.41, 5.74) is 0. The minimum atomic E-state index is -4.88. The van der Waals surface area contributed by atoms with E-state index in [-0.39, 0.29) is 44.3 Å². The average Bonchev–Trinajstić information content (AvgIpc) is 3.41. The van der Waals surface area contributed by atoms with Gasteiger partial charge in [0.2, 0.25) is 0 Å². The number of hydrogen-bond donors (Lipinski definition) is 5. The normalized spacial score (nSPS) is 20.4. The number of aliphatic hydroxyl groups excluding tert-OH is 3. The zero-order valence-electron chi connectivity index (χ0n) is 33.6. The van der Waals surface area contributed by atoms with Crippen LogP contribution in [0.25, 0.3) is 0 Å². The molecule has 13 heteroatoms. The predicted molar refractivity (Wildman–Crippen MR) is 218 cm³/mol. The van der Waals surface area contributed by atoms with Crippen LogP contribution >= 0.6 is 7.82 Å². The summed E-state index contributed by atoms with van der Waals surface area (Å²) >= 11 is 0. The van der Waals surface area contributed by atoms with E-state index in [0.717, 1.165) is 51.4 Å². The van der Waals surface area contributed by atoms with Crippen molar-refractivity contribution < 1.29 is 58.1 Å². The molecule has 6 atom stereocenters. The number of rotatable bonds is 32. The Morgan fingerprint density at radius 1 is 0.732 bits per heavy atom. The van der Waals surface area contributed by atoms with Crippen LogP contribution in [0.2, 0.25) is 0 Å². The van der Waals surface area contributed by atoms with Crippen molar-refractivity contribution >= 4 is 25.5 Å². The number of aliphatic hydroxyl groups is 3. The zero-order chi connectivity index (χ0) is 41.4. The van der Waals surface area contributed by atoms with Crippen LogP contribution in [-0.2, 0) is 32.9 Å². The largest absolute Gasteiger partial charge is 0.469 e. The Balaban J connectivity index is 2.38. The van der Waals surface area contributed by atoms with Crippen molar-refractivity contribution in [2.24, 2.45) is 11.8 Å². The Morgan fingerprint density at radius 2 is 1.32 bits per heavy atom. The van der Waals surface area contributed by atoms with Crippen LogP contribution in [-0.4, -0.2) is 80.5 Å². The van der Waals surface area contributed by atoms with Crippen LogP contribution in [0.3, 0.4) is 0 Å². The molecule has 56 heavy (non-hydrogen) atoms. The van der Waals surface area contributed by atoms with Gasteiger partial charge >= 0.3 is 19.8 Å². The van der Waals surface area contributed by atoms with E-state index in [9.17, 15) is 34.3 Å². The monoisotopic (exact) mass is 808 g/mol. The SMILES string of the molecule is CC/C=C\C/C=C\C/C=C\C/C=C\C/C=C\CCCC(=O)OC[C@H](COP(=O)(O)O)OC(=O)CCCCC(=O)C[C@@H]1[C@@H](/C=C/[C@@H](O)CCCCC)[C@H](O)C[C@@H]1O. The summed E-state index contributed by atoms with van der Waals surface area (Å²) in [5, 5.41) is 31.2. The van der Waals surface area contributed by atoms with Crippen LogP contribution in [0.4, 0.5) is 0 Å². The maximum Gasteiger partial charge on any atom is 0.469 e. The zero-order valence-corrected chi connectivity index (χ0v) is 34.5. The van der Waals surface area contributed by atoms with Gasteiger partial charge in [0.05, 0.1) is 24.9 Å². The molecule has 0 aliphatic heterocycles. The molecule has 0 bridgehead atoms. The van der Waals surface area contributed by atoms with Crippen LogP contribution in [0, 0.1) is 11.8 Å². The third-order valence-electron chi connectivity index (χ3n) is 9.19. The standard InChI is InChI=1S/C43H69O12P/c1-3-5-7-8-9-10-11-12-13-14-15-16-17-18-19-20-22-27-42(48)53-33-37(34-54-56(50,51)52)55-43(49)28-24-23-26-36(45)31-39-38(40(46)32-41(39)47)30-29-35(44)25-21-6-4-2/h5,7,9-10,12-13,15-16,18-19,29-30,35,37-41,44,46-47H,3-4,6,8,11,14,17,20-28,31-34H2,1-2H3,(H2,50,51,52)/b7-5-,10-9-,13-12-,16-15-,19-18-,30-29+/t35-,37+,38+,39+,40+,41-/m0/s1. The van der Waals surface area contributed by atoms with E-state index in [1.807, 2.05) is 12.2 Å². The van der Waals surface area contributed by atoms with E-state index in [4.69, 9.17) is 19.3 Å². The van der Waals surface area contributed by atoms with Crippen molar-refractivity contribution in [2.45, 2.75) is 154 Å². The predicted octanol–water partition coefficient (Wildman–Crippen LogP) is 7.85. The number of phosphoric acid groups is 1. The smallest absolute Gasteiger partial charge is 0.462 e. The van der Waals surface area contributed by atoms with Crippen LogP contribution < -0.4 is 0 Å². The van der Waals surface area contributed by atoms with E-state index in [1.165, 1.54) is 0 Å². The van der Waals surface area contributed by atoms with Crippen molar-refractivity contribution in [3.8, 4) is 0 Å². The van der Waals surface area contributed by atoms with Gasteiger partial charge in [-0.15, -0.1) is 0 Å². The molecule has 0 aromatic heterocycles. The fourth-order valence-corrected chi connectivity index (χ4v) is 6.47. The molecule has 1 aliphatic carbocycles. The van der Waals surface area contributed by atoms with Crippen molar-refractivity contribution in [1.29, 1.82) is 0 Å². The fourth-order valence-electron chi connectivity index (χ4n) is 6.11. The summed E-state index contributed by atoms with van der Waals surface area (Å²) in [5.74, 6) is -2.30. The summed E-state index contributed by atoms with van der Waals surface area (Å²) in [6.45, 7) is 3.08. The van der Waals surface area contributed by atoms with Gasteiger partial charge in [-0.1, -0.05) is 106 Å². The Bertz CT molecular complexity index is 1310. The molecular weight excluding hydrogens is 739 g/mol. The second kappa shape index (κ2) is 32.0. The molecular formula is C43H69O12P. The number of carbonyl (C=O) groups excluding carboxylic acids is 3. The highest BCUT2D eigenvalue weighted by Gasteiger charge is 2.41. The first-order valence-electron chi connectivity index (χ1n) is 20.4. The molecule has 0 spiro atoms. The third kappa shape index (κ3) is 27.6. The van der Waals surface area contributed by atoms with E-state index in [2.05, 4.69) is 67.0 Å². The van der Waals surface area contributed by atoms with Gasteiger partial charge in [-0.05, 0) is 64.2 Å². The van der Waals surface area contributed by atoms with E-state index in [0.29, 0.717) is 25.7 Å². The third-order valence-corrected chi connectivity index (χ3v) is 9.68. The van der Waals surface area contributed by atoms with Crippen molar-refractivity contribution in [2.75, 3.05) is 13.2 Å². The molecule has 1 fully saturated rings. The molecule has 0 aromatic rings. The first-order chi connectivity index (χ1) is 26.9. The molecule has 5 N–H and O–H groups in total. The van der Waals surface area contributed by atoms with Crippen LogP contribution in [0.5, 0.6) is 0 Å². The molecule has 318 valence electrons. The van der Waals surface area contributed by atoms with Gasteiger partial charge in [-0.25, -0.2) is 4.57 Å². The highest BCUT2D eigenvalue weighted by atomic mass is 31.2. The number of ether oxygens (including phenoxy) is 2. The highest BCUT2D eigenvalue weighted by Crippen LogP contribution is 2.37. The lowest BCUT2D eigenvalue weighted by molar-refractivity contribution is -0.161. The molecule has 0 aromatic carbocycles. The number of unbranched alkanes of at least 4 members (excludes halogenated alkanes) is 4.